The molecule has 9 nitrogen and oxygen atoms in total. The lowest BCUT2D eigenvalue weighted by Gasteiger charge is -2.30. The lowest BCUT2D eigenvalue weighted by molar-refractivity contribution is -0.126. The Morgan fingerprint density at radius 2 is 1.68 bits per heavy atom. The van der Waals surface area contributed by atoms with Gasteiger partial charge < -0.3 is 10.1 Å². The van der Waals surface area contributed by atoms with Crippen LogP contribution in [0.4, 0.5) is 0 Å². The van der Waals surface area contributed by atoms with Gasteiger partial charge in [0.2, 0.25) is 26.0 Å². The summed E-state index contributed by atoms with van der Waals surface area (Å²) in [5.41, 5.74) is 0. The van der Waals surface area contributed by atoms with Gasteiger partial charge in [0, 0.05) is 26.2 Å². The van der Waals surface area contributed by atoms with Gasteiger partial charge in [-0.25, -0.2) is 21.1 Å². The SMILES string of the molecule is CCS(=O)(=O)N1CCC[C@@H](C(=O)NCCOc2ccc(S(=O)(=O)N3CCCC3)cc2)C1. The van der Waals surface area contributed by atoms with Crippen molar-refractivity contribution in [2.75, 3.05) is 45.1 Å². The number of ether oxygens (including phenoxy) is 1. The minimum atomic E-state index is -3.45. The van der Waals surface area contributed by atoms with E-state index in [2.05, 4.69) is 5.32 Å². The van der Waals surface area contributed by atoms with E-state index < -0.39 is 20.0 Å². The number of nitrogens with one attached hydrogen (secondary N) is 1. The molecule has 2 saturated heterocycles. The molecule has 3 rings (SSSR count). The number of hydrogen-bond acceptors (Lipinski definition) is 6. The van der Waals surface area contributed by atoms with Crippen molar-refractivity contribution < 1.29 is 26.4 Å². The summed E-state index contributed by atoms with van der Waals surface area (Å²) in [6, 6.07) is 6.29. The summed E-state index contributed by atoms with van der Waals surface area (Å²) in [6.07, 6.45) is 3.11. The maximum Gasteiger partial charge on any atom is 0.243 e. The molecular formula is C20H31N3O6S2. The average Bonchev–Trinajstić information content (AvgIpc) is 3.33. The van der Waals surface area contributed by atoms with Gasteiger partial charge in [0.05, 0.1) is 23.1 Å². The van der Waals surface area contributed by atoms with Crippen molar-refractivity contribution >= 4 is 26.0 Å². The first-order chi connectivity index (χ1) is 14.7. The zero-order valence-electron chi connectivity index (χ0n) is 17.8. The Morgan fingerprint density at radius 1 is 1.03 bits per heavy atom. The maximum atomic E-state index is 12.5. The predicted octanol–water partition coefficient (Wildman–Crippen LogP) is 1.03. The second-order valence-corrected chi connectivity index (χ2v) is 12.0. The molecule has 1 atom stereocenters. The molecule has 0 aliphatic carbocycles. The highest BCUT2D eigenvalue weighted by Gasteiger charge is 2.31. The normalized spacial score (nSPS) is 21.1. The summed E-state index contributed by atoms with van der Waals surface area (Å²) in [4.78, 5) is 12.6. The van der Waals surface area contributed by atoms with Crippen molar-refractivity contribution in [2.45, 2.75) is 37.5 Å². The zero-order valence-corrected chi connectivity index (χ0v) is 19.5. The second-order valence-electron chi connectivity index (χ2n) is 7.82. The van der Waals surface area contributed by atoms with E-state index in [9.17, 15) is 21.6 Å². The van der Waals surface area contributed by atoms with Gasteiger partial charge in [-0.15, -0.1) is 0 Å². The van der Waals surface area contributed by atoms with E-state index in [1.807, 2.05) is 0 Å². The molecule has 0 aromatic heterocycles. The molecule has 0 bridgehead atoms. The van der Waals surface area contributed by atoms with Gasteiger partial charge in [-0.1, -0.05) is 0 Å². The number of benzene rings is 1. The first-order valence-corrected chi connectivity index (χ1v) is 13.8. The van der Waals surface area contributed by atoms with Crippen LogP contribution in [-0.4, -0.2) is 76.4 Å². The standard InChI is InChI=1S/C20H31N3O6S2/c1-2-30(25,26)23-14-5-6-17(16-23)20(24)21-11-15-29-18-7-9-19(10-8-18)31(27,28)22-12-3-4-13-22/h7-10,17H,2-6,11-16H2,1H3,(H,21,24)/t17-/m1/s1. The fraction of sp³-hybridized carbons (Fsp3) is 0.650. The van der Waals surface area contributed by atoms with Crippen molar-refractivity contribution in [1.82, 2.24) is 13.9 Å². The minimum absolute atomic E-state index is 0.0350. The van der Waals surface area contributed by atoms with Crippen LogP contribution < -0.4 is 10.1 Å². The third kappa shape index (κ3) is 5.97. The quantitative estimate of drug-likeness (QED) is 0.536. The average molecular weight is 474 g/mol. The number of nitrogens with zero attached hydrogens (tertiary/aromatic N) is 2. The lowest BCUT2D eigenvalue weighted by Crippen LogP contribution is -2.46. The molecule has 2 fully saturated rings. The molecule has 1 aromatic rings. The molecule has 1 amide bonds. The van der Waals surface area contributed by atoms with Crippen LogP contribution in [0.15, 0.2) is 29.2 Å². The van der Waals surface area contributed by atoms with E-state index >= 15 is 0 Å². The molecule has 11 heteroatoms. The summed E-state index contributed by atoms with van der Waals surface area (Å²) in [7, 11) is -6.73. The second kappa shape index (κ2) is 10.3. The smallest absolute Gasteiger partial charge is 0.243 e. The minimum Gasteiger partial charge on any atom is -0.492 e. The van der Waals surface area contributed by atoms with Crippen LogP contribution in [0.5, 0.6) is 5.75 Å². The zero-order chi connectivity index (χ0) is 22.5. The molecule has 0 unspecified atom stereocenters. The first-order valence-electron chi connectivity index (χ1n) is 10.7. The predicted molar refractivity (Wildman–Crippen MR) is 117 cm³/mol. The van der Waals surface area contributed by atoms with Crippen LogP contribution in [0.2, 0.25) is 0 Å². The van der Waals surface area contributed by atoms with Crippen molar-refractivity contribution in [1.29, 1.82) is 0 Å². The third-order valence-electron chi connectivity index (χ3n) is 5.71. The Labute approximate surface area is 184 Å². The Morgan fingerprint density at radius 3 is 2.32 bits per heavy atom. The fourth-order valence-electron chi connectivity index (χ4n) is 3.86. The highest BCUT2D eigenvalue weighted by atomic mass is 32.2. The van der Waals surface area contributed by atoms with Crippen molar-refractivity contribution in [3.63, 3.8) is 0 Å². The molecule has 1 N–H and O–H groups in total. The Hall–Kier alpha value is -1.69. The summed E-state index contributed by atoms with van der Waals surface area (Å²) in [5, 5.41) is 2.80. The van der Waals surface area contributed by atoms with E-state index in [1.54, 1.807) is 19.1 Å². The van der Waals surface area contributed by atoms with Crippen LogP contribution in [-0.2, 0) is 24.8 Å². The van der Waals surface area contributed by atoms with Gasteiger partial charge in [-0.3, -0.25) is 4.79 Å². The summed E-state index contributed by atoms with van der Waals surface area (Å²) >= 11 is 0. The fourth-order valence-corrected chi connectivity index (χ4v) is 6.56. The molecular weight excluding hydrogens is 442 g/mol. The van der Waals surface area contributed by atoms with Crippen LogP contribution in [0.3, 0.4) is 0 Å². The molecule has 31 heavy (non-hydrogen) atoms. The number of amides is 1. The van der Waals surface area contributed by atoms with E-state index in [4.69, 9.17) is 4.74 Å². The van der Waals surface area contributed by atoms with Crippen molar-refractivity contribution in [3.8, 4) is 5.75 Å². The van der Waals surface area contributed by atoms with E-state index in [-0.39, 0.29) is 42.2 Å². The molecule has 2 heterocycles. The van der Waals surface area contributed by atoms with Crippen LogP contribution in [0.25, 0.3) is 0 Å². The molecule has 1 aromatic carbocycles. The summed E-state index contributed by atoms with van der Waals surface area (Å²) in [6.45, 7) is 3.91. The third-order valence-corrected chi connectivity index (χ3v) is 9.47. The molecule has 2 aliphatic rings. The van der Waals surface area contributed by atoms with Gasteiger partial charge in [-0.2, -0.15) is 4.31 Å². The van der Waals surface area contributed by atoms with E-state index in [1.165, 1.54) is 20.7 Å². The van der Waals surface area contributed by atoms with Crippen LogP contribution in [0, 0.1) is 5.92 Å². The topological polar surface area (TPSA) is 113 Å². The van der Waals surface area contributed by atoms with E-state index in [0.717, 1.165) is 12.8 Å². The number of hydrogen-bond donors (Lipinski definition) is 1. The number of carbonyl (C=O) groups excluding carboxylic acids is 1. The maximum absolute atomic E-state index is 12.5. The number of sulfonamides is 2. The molecule has 0 saturated carbocycles. The van der Waals surface area contributed by atoms with Crippen molar-refractivity contribution in [3.05, 3.63) is 24.3 Å². The Bertz CT molecular complexity index is 957. The molecule has 174 valence electrons. The van der Waals surface area contributed by atoms with Gasteiger partial charge in [0.15, 0.2) is 0 Å². The van der Waals surface area contributed by atoms with Crippen molar-refractivity contribution in [2.24, 2.45) is 5.92 Å². The first kappa shape index (κ1) is 24.0. The highest BCUT2D eigenvalue weighted by molar-refractivity contribution is 7.89. The number of rotatable bonds is 9. The molecule has 2 aliphatic heterocycles. The number of piperidine rings is 1. The Balaban J connectivity index is 1.44. The largest absolute Gasteiger partial charge is 0.492 e. The molecule has 0 spiro atoms. The van der Waals surface area contributed by atoms with Crippen LogP contribution >= 0.6 is 0 Å². The van der Waals surface area contributed by atoms with Gasteiger partial charge in [0.25, 0.3) is 0 Å². The number of carbonyl (C=O) groups is 1. The lowest BCUT2D eigenvalue weighted by atomic mass is 9.99. The Kier molecular flexibility index (Phi) is 7.95. The van der Waals surface area contributed by atoms with Gasteiger partial charge in [-0.05, 0) is 56.9 Å². The summed E-state index contributed by atoms with van der Waals surface area (Å²) in [5.74, 6) is 0.0251. The molecule has 0 radical (unpaired) electrons. The highest BCUT2D eigenvalue weighted by Crippen LogP contribution is 2.23. The monoisotopic (exact) mass is 473 g/mol. The van der Waals surface area contributed by atoms with Gasteiger partial charge in [0.1, 0.15) is 12.4 Å². The summed E-state index contributed by atoms with van der Waals surface area (Å²) < 4.78 is 57.6. The van der Waals surface area contributed by atoms with E-state index in [0.29, 0.717) is 38.2 Å². The van der Waals surface area contributed by atoms with Gasteiger partial charge >= 0.3 is 0 Å². The van der Waals surface area contributed by atoms with Crippen LogP contribution in [0.1, 0.15) is 32.6 Å².